The number of benzene rings is 2. The summed E-state index contributed by atoms with van der Waals surface area (Å²) in [4.78, 5) is 15.5. The van der Waals surface area contributed by atoms with Crippen molar-refractivity contribution in [1.29, 1.82) is 0 Å². The average Bonchev–Trinajstić information content (AvgIpc) is 3.08. The minimum absolute atomic E-state index is 0.0347. The molecule has 0 saturated heterocycles. The van der Waals surface area contributed by atoms with Crippen LogP contribution in [0, 0.1) is 13.8 Å². The topological polar surface area (TPSA) is 88.7 Å². The van der Waals surface area contributed by atoms with Crippen LogP contribution in [0.1, 0.15) is 39.8 Å². The lowest BCUT2D eigenvalue weighted by molar-refractivity contribution is 0.0519. The molecule has 3 aromatic rings. The van der Waals surface area contributed by atoms with E-state index in [1.807, 2.05) is 19.1 Å². The highest BCUT2D eigenvalue weighted by molar-refractivity contribution is 7.89. The van der Waals surface area contributed by atoms with Gasteiger partial charge in [-0.2, -0.15) is 4.31 Å². The van der Waals surface area contributed by atoms with Gasteiger partial charge in [0, 0.05) is 17.3 Å². The second-order valence-corrected chi connectivity index (χ2v) is 9.90. The van der Waals surface area contributed by atoms with Crippen LogP contribution in [0.3, 0.4) is 0 Å². The summed E-state index contributed by atoms with van der Waals surface area (Å²) in [5, 5.41) is 0.331. The lowest BCUT2D eigenvalue weighted by atomic mass is 10.1. The van der Waals surface area contributed by atoms with Gasteiger partial charge in [0.25, 0.3) is 0 Å². The summed E-state index contributed by atoms with van der Waals surface area (Å²) in [6.07, 6.45) is 0. The molecule has 1 aromatic heterocycles. The van der Waals surface area contributed by atoms with Gasteiger partial charge in [0.1, 0.15) is 11.4 Å². The van der Waals surface area contributed by atoms with Crippen LogP contribution in [-0.2, 0) is 27.8 Å². The van der Waals surface area contributed by atoms with Crippen molar-refractivity contribution < 1.29 is 22.7 Å². The molecule has 0 amide bonds. The van der Waals surface area contributed by atoms with Gasteiger partial charge in [-0.05, 0) is 67.8 Å². The van der Waals surface area contributed by atoms with E-state index in [9.17, 15) is 13.2 Å². The van der Waals surface area contributed by atoms with Crippen LogP contribution in [0.15, 0.2) is 53.4 Å². The molecule has 7 nitrogen and oxygen atoms in total. The molecule has 1 N–H and O–H groups in total. The van der Waals surface area contributed by atoms with Crippen molar-refractivity contribution in [2.75, 3.05) is 13.7 Å². The van der Waals surface area contributed by atoms with Gasteiger partial charge in [-0.3, -0.25) is 0 Å². The molecule has 0 radical (unpaired) electrons. The molecular formula is C24H27ClN2O5S. The van der Waals surface area contributed by atoms with Crippen LogP contribution in [0.5, 0.6) is 5.75 Å². The first-order valence-corrected chi connectivity index (χ1v) is 12.2. The van der Waals surface area contributed by atoms with E-state index in [0.29, 0.717) is 22.2 Å². The average molecular weight is 491 g/mol. The molecule has 1 heterocycles. The number of methoxy groups -OCH3 is 1. The number of aromatic nitrogens is 1. The summed E-state index contributed by atoms with van der Waals surface area (Å²) >= 11 is 6.07. The molecule has 0 bridgehead atoms. The number of esters is 1. The smallest absolute Gasteiger partial charge is 0.355 e. The van der Waals surface area contributed by atoms with Crippen LogP contribution < -0.4 is 4.74 Å². The van der Waals surface area contributed by atoms with Gasteiger partial charge in [-0.1, -0.05) is 29.8 Å². The van der Waals surface area contributed by atoms with E-state index in [1.165, 1.54) is 16.4 Å². The maximum atomic E-state index is 13.6. The van der Waals surface area contributed by atoms with E-state index in [4.69, 9.17) is 21.1 Å². The Morgan fingerprint density at radius 1 is 1.06 bits per heavy atom. The molecule has 0 spiro atoms. The number of hydrogen-bond donors (Lipinski definition) is 1. The molecule has 0 aliphatic rings. The number of hydrogen-bond acceptors (Lipinski definition) is 5. The second-order valence-electron chi connectivity index (χ2n) is 7.53. The molecule has 0 fully saturated rings. The van der Waals surface area contributed by atoms with Gasteiger partial charge in [-0.15, -0.1) is 0 Å². The molecule has 9 heteroatoms. The number of carbonyl (C=O) groups is 1. The van der Waals surface area contributed by atoms with Crippen molar-refractivity contribution in [2.45, 2.75) is 38.8 Å². The van der Waals surface area contributed by atoms with Gasteiger partial charge in [0.2, 0.25) is 10.0 Å². The predicted octanol–water partition coefficient (Wildman–Crippen LogP) is 4.86. The Kier molecular flexibility index (Phi) is 7.84. The fraction of sp³-hybridized carbons (Fsp3) is 0.292. The molecular weight excluding hydrogens is 464 g/mol. The fourth-order valence-corrected chi connectivity index (χ4v) is 5.13. The van der Waals surface area contributed by atoms with Crippen LogP contribution >= 0.6 is 11.6 Å². The predicted molar refractivity (Wildman–Crippen MR) is 127 cm³/mol. The first-order valence-electron chi connectivity index (χ1n) is 10.4. The third kappa shape index (κ3) is 5.58. The summed E-state index contributed by atoms with van der Waals surface area (Å²) in [7, 11) is -2.33. The van der Waals surface area contributed by atoms with Crippen molar-refractivity contribution in [3.05, 3.63) is 81.6 Å². The molecule has 0 atom stereocenters. The Morgan fingerprint density at radius 3 is 2.36 bits per heavy atom. The van der Waals surface area contributed by atoms with Gasteiger partial charge in [0.15, 0.2) is 0 Å². The minimum Gasteiger partial charge on any atom is -0.497 e. The van der Waals surface area contributed by atoms with E-state index in [1.54, 1.807) is 45.2 Å². The van der Waals surface area contributed by atoms with Crippen LogP contribution in [-0.4, -0.2) is 37.4 Å². The normalized spacial score (nSPS) is 11.6. The van der Waals surface area contributed by atoms with Crippen molar-refractivity contribution in [3.63, 3.8) is 0 Å². The van der Waals surface area contributed by atoms with Gasteiger partial charge >= 0.3 is 5.97 Å². The van der Waals surface area contributed by atoms with Crippen molar-refractivity contribution in [3.8, 4) is 5.75 Å². The summed E-state index contributed by atoms with van der Waals surface area (Å²) in [6.45, 7) is 5.79. The third-order valence-corrected chi connectivity index (χ3v) is 7.45. The number of nitrogens with zero attached hydrogens (tertiary/aromatic N) is 1. The fourth-order valence-electron chi connectivity index (χ4n) is 3.43. The number of halogens is 1. The Balaban J connectivity index is 2.02. The maximum absolute atomic E-state index is 13.6. The van der Waals surface area contributed by atoms with E-state index in [0.717, 1.165) is 16.7 Å². The number of aromatic amines is 1. The highest BCUT2D eigenvalue weighted by atomic mass is 35.5. The Labute approximate surface area is 199 Å². The zero-order valence-corrected chi connectivity index (χ0v) is 20.6. The van der Waals surface area contributed by atoms with Gasteiger partial charge < -0.3 is 14.5 Å². The summed E-state index contributed by atoms with van der Waals surface area (Å²) in [6, 6.07) is 13.4. The van der Waals surface area contributed by atoms with Crippen molar-refractivity contribution in [1.82, 2.24) is 9.29 Å². The summed E-state index contributed by atoms with van der Waals surface area (Å²) in [5.74, 6) is 0.210. The van der Waals surface area contributed by atoms with Crippen LogP contribution in [0.25, 0.3) is 0 Å². The molecule has 0 unspecified atom stereocenters. The number of carbonyl (C=O) groups excluding carboxylic acids is 1. The highest BCUT2D eigenvalue weighted by Crippen LogP contribution is 2.26. The Hall–Kier alpha value is -2.81. The summed E-state index contributed by atoms with van der Waals surface area (Å²) < 4.78 is 38.9. The zero-order chi connectivity index (χ0) is 24.2. The highest BCUT2D eigenvalue weighted by Gasteiger charge is 2.28. The van der Waals surface area contributed by atoms with E-state index in [-0.39, 0.29) is 24.6 Å². The third-order valence-electron chi connectivity index (χ3n) is 5.43. The Morgan fingerprint density at radius 2 is 1.76 bits per heavy atom. The maximum Gasteiger partial charge on any atom is 0.355 e. The monoisotopic (exact) mass is 490 g/mol. The standard InChI is InChI=1S/C24H27ClN2O5S/c1-5-32-24(28)23-17(3)16(2)22(26-23)15-27(14-18-9-11-20(31-4)12-10-18)33(29,30)21-8-6-7-19(25)13-21/h6-13,26H,5,14-15H2,1-4H3. The molecule has 0 saturated carbocycles. The molecule has 0 aliphatic heterocycles. The molecule has 0 aliphatic carbocycles. The van der Waals surface area contributed by atoms with Crippen LogP contribution in [0.2, 0.25) is 5.02 Å². The minimum atomic E-state index is -3.91. The van der Waals surface area contributed by atoms with Crippen molar-refractivity contribution in [2.24, 2.45) is 0 Å². The van der Waals surface area contributed by atoms with E-state index in [2.05, 4.69) is 4.98 Å². The number of nitrogens with one attached hydrogen (secondary N) is 1. The number of rotatable bonds is 9. The first-order chi connectivity index (χ1) is 15.7. The van der Waals surface area contributed by atoms with E-state index < -0.39 is 16.0 Å². The van der Waals surface area contributed by atoms with Gasteiger partial charge in [0.05, 0.1) is 25.2 Å². The number of sulfonamides is 1. The Bertz CT molecular complexity index is 1240. The number of ether oxygens (including phenoxy) is 2. The summed E-state index contributed by atoms with van der Waals surface area (Å²) in [5.41, 5.74) is 3.27. The molecule has 2 aromatic carbocycles. The molecule has 3 rings (SSSR count). The SMILES string of the molecule is CCOC(=O)c1[nH]c(CN(Cc2ccc(OC)cc2)S(=O)(=O)c2cccc(Cl)c2)c(C)c1C. The number of H-pyrrole nitrogens is 1. The van der Waals surface area contributed by atoms with E-state index >= 15 is 0 Å². The first kappa shape index (κ1) is 24.8. The van der Waals surface area contributed by atoms with Crippen LogP contribution in [0.4, 0.5) is 0 Å². The zero-order valence-electron chi connectivity index (χ0n) is 19.0. The lowest BCUT2D eigenvalue weighted by Crippen LogP contribution is -2.30. The van der Waals surface area contributed by atoms with Gasteiger partial charge in [-0.25, -0.2) is 13.2 Å². The second kappa shape index (κ2) is 10.4. The lowest BCUT2D eigenvalue weighted by Gasteiger charge is -2.23. The largest absolute Gasteiger partial charge is 0.497 e. The molecule has 176 valence electrons. The van der Waals surface area contributed by atoms with Crippen molar-refractivity contribution >= 4 is 27.6 Å². The molecule has 33 heavy (non-hydrogen) atoms. The quantitative estimate of drug-likeness (QED) is 0.432.